The molecule has 3 heterocycles. The molecule has 7 heteroatoms. The van der Waals surface area contributed by atoms with Crippen LogP contribution in [-0.4, -0.2) is 48.5 Å². The second-order valence-corrected chi connectivity index (χ2v) is 7.39. The van der Waals surface area contributed by atoms with Crippen molar-refractivity contribution in [1.29, 1.82) is 0 Å². The van der Waals surface area contributed by atoms with Crippen molar-refractivity contribution in [2.45, 2.75) is 44.8 Å². The summed E-state index contributed by atoms with van der Waals surface area (Å²) in [4.78, 5) is 18.1. The Morgan fingerprint density at radius 3 is 3.04 bits per heavy atom. The Labute approximate surface area is 153 Å². The molecular weight excluding hydrogens is 334 g/mol. The third kappa shape index (κ3) is 3.59. The fourth-order valence-electron chi connectivity index (χ4n) is 4.51. The van der Waals surface area contributed by atoms with Crippen LogP contribution in [0.15, 0.2) is 17.1 Å². The molecule has 0 unspecified atom stereocenters. The smallest absolute Gasteiger partial charge is 0.270 e. The molecule has 1 aromatic carbocycles. The van der Waals surface area contributed by atoms with E-state index in [0.717, 1.165) is 6.54 Å². The molecule has 0 bridgehead atoms. The fraction of sp³-hybridized carbons (Fsp3) is 0.632. The van der Waals surface area contributed by atoms with Gasteiger partial charge in [0.15, 0.2) is 6.79 Å². The van der Waals surface area contributed by atoms with Crippen LogP contribution in [0, 0.1) is 16.0 Å². The van der Waals surface area contributed by atoms with Crippen molar-refractivity contribution < 1.29 is 14.4 Å². The number of hydrogen-bond donors (Lipinski definition) is 0. The van der Waals surface area contributed by atoms with Crippen LogP contribution in [0.25, 0.3) is 0 Å². The highest BCUT2D eigenvalue weighted by atomic mass is 16.7. The number of nitrogens with zero attached hydrogens (tertiary/aromatic N) is 3. The van der Waals surface area contributed by atoms with Crippen LogP contribution in [-0.2, 0) is 11.3 Å². The molecule has 0 aromatic heterocycles. The van der Waals surface area contributed by atoms with Gasteiger partial charge in [-0.1, -0.05) is 6.42 Å². The number of rotatable bonds is 4. The summed E-state index contributed by atoms with van der Waals surface area (Å²) in [7, 11) is 0. The van der Waals surface area contributed by atoms with Crippen LogP contribution in [0.2, 0.25) is 0 Å². The third-order valence-electron chi connectivity index (χ3n) is 5.73. The minimum atomic E-state index is -0.382. The van der Waals surface area contributed by atoms with Crippen LogP contribution in [0.1, 0.15) is 43.2 Å². The van der Waals surface area contributed by atoms with Crippen LogP contribution < -0.4 is 4.74 Å². The van der Waals surface area contributed by atoms with E-state index in [-0.39, 0.29) is 17.4 Å². The number of piperidine rings is 2. The molecule has 7 nitrogen and oxygen atoms in total. The van der Waals surface area contributed by atoms with E-state index in [1.54, 1.807) is 12.3 Å². The first-order valence-corrected chi connectivity index (χ1v) is 9.48. The number of aliphatic imine (C=N–C) groups is 1. The van der Waals surface area contributed by atoms with Gasteiger partial charge >= 0.3 is 0 Å². The maximum Gasteiger partial charge on any atom is 0.270 e. The van der Waals surface area contributed by atoms with Gasteiger partial charge in [0.25, 0.3) is 5.69 Å². The Hall–Kier alpha value is -1.99. The van der Waals surface area contributed by atoms with Gasteiger partial charge in [-0.2, -0.15) is 0 Å². The molecule has 2 fully saturated rings. The second-order valence-electron chi connectivity index (χ2n) is 7.39. The van der Waals surface area contributed by atoms with Crippen LogP contribution in [0.4, 0.5) is 5.69 Å². The minimum Gasteiger partial charge on any atom is -0.466 e. The van der Waals surface area contributed by atoms with E-state index in [4.69, 9.17) is 9.47 Å². The molecule has 2 atom stereocenters. The summed E-state index contributed by atoms with van der Waals surface area (Å²) >= 11 is 0. The van der Waals surface area contributed by atoms with Crippen molar-refractivity contribution in [3.05, 3.63) is 33.4 Å². The minimum absolute atomic E-state index is 0.0513. The van der Waals surface area contributed by atoms with Gasteiger partial charge in [0.1, 0.15) is 5.75 Å². The van der Waals surface area contributed by atoms with Crippen molar-refractivity contribution in [2.75, 3.05) is 26.4 Å². The number of non-ortho nitro benzene ring substituents is 1. The number of hydrogen-bond acceptors (Lipinski definition) is 6. The lowest BCUT2D eigenvalue weighted by molar-refractivity contribution is -0.385. The summed E-state index contributed by atoms with van der Waals surface area (Å²) in [6, 6.07) is 3.72. The summed E-state index contributed by atoms with van der Waals surface area (Å²) in [6.45, 7) is 3.71. The van der Waals surface area contributed by atoms with E-state index < -0.39 is 0 Å². The summed E-state index contributed by atoms with van der Waals surface area (Å²) in [5, 5.41) is 11.2. The molecule has 0 amide bonds. The van der Waals surface area contributed by atoms with Gasteiger partial charge in [-0.25, -0.2) is 0 Å². The Morgan fingerprint density at radius 2 is 2.15 bits per heavy atom. The van der Waals surface area contributed by atoms with Crippen molar-refractivity contribution in [3.8, 4) is 5.75 Å². The predicted octanol–water partition coefficient (Wildman–Crippen LogP) is 3.14. The summed E-state index contributed by atoms with van der Waals surface area (Å²) in [5.41, 5.74) is 1.44. The van der Waals surface area contributed by atoms with Crippen LogP contribution in [0.5, 0.6) is 5.75 Å². The molecule has 26 heavy (non-hydrogen) atoms. The highest BCUT2D eigenvalue weighted by Gasteiger charge is 2.32. The largest absolute Gasteiger partial charge is 0.466 e. The first kappa shape index (κ1) is 17.4. The summed E-state index contributed by atoms with van der Waals surface area (Å²) < 4.78 is 10.8. The lowest BCUT2D eigenvalue weighted by atomic mass is 9.83. The molecule has 3 aliphatic heterocycles. The Bertz CT molecular complexity index is 704. The Morgan fingerprint density at radius 1 is 1.27 bits per heavy atom. The molecule has 0 spiro atoms. The normalized spacial score (nSPS) is 26.2. The molecule has 2 saturated heterocycles. The average Bonchev–Trinajstić information content (AvgIpc) is 2.68. The topological polar surface area (TPSA) is 77.2 Å². The van der Waals surface area contributed by atoms with Gasteiger partial charge in [0, 0.05) is 42.1 Å². The molecule has 1 aromatic rings. The van der Waals surface area contributed by atoms with E-state index in [1.807, 2.05) is 0 Å². The summed E-state index contributed by atoms with van der Waals surface area (Å²) in [6.07, 6.45) is 8.10. The van der Waals surface area contributed by atoms with Crippen molar-refractivity contribution in [3.63, 3.8) is 0 Å². The van der Waals surface area contributed by atoms with Crippen LogP contribution in [0.3, 0.4) is 0 Å². The van der Waals surface area contributed by atoms with Crippen LogP contribution >= 0.6 is 0 Å². The number of benzene rings is 1. The first-order chi connectivity index (χ1) is 12.7. The van der Waals surface area contributed by atoms with Crippen molar-refractivity contribution in [1.82, 2.24) is 4.90 Å². The van der Waals surface area contributed by atoms with Gasteiger partial charge in [-0.3, -0.25) is 15.1 Å². The molecule has 0 radical (unpaired) electrons. The van der Waals surface area contributed by atoms with Gasteiger partial charge in [0.2, 0.25) is 0 Å². The lowest BCUT2D eigenvalue weighted by Gasteiger charge is -2.44. The summed E-state index contributed by atoms with van der Waals surface area (Å²) in [5.74, 6) is 1.24. The van der Waals surface area contributed by atoms with Gasteiger partial charge in [-0.15, -0.1) is 0 Å². The number of nitro groups is 1. The average molecular weight is 359 g/mol. The van der Waals surface area contributed by atoms with E-state index in [9.17, 15) is 10.1 Å². The number of ether oxygens (including phenoxy) is 2. The van der Waals surface area contributed by atoms with E-state index in [2.05, 4.69) is 9.89 Å². The van der Waals surface area contributed by atoms with Crippen molar-refractivity contribution >= 4 is 11.9 Å². The molecule has 4 rings (SSSR count). The molecule has 0 N–H and O–H groups in total. The highest BCUT2D eigenvalue weighted by molar-refractivity contribution is 5.85. The Balaban J connectivity index is 1.51. The molecule has 0 saturated carbocycles. The molecule has 0 aliphatic carbocycles. The SMILES string of the molecule is O=[N+]([O-])c1cc(C=NC[C@@H]2CCCN3CCCC[C@@H]23)c2c(c1)COCO2. The zero-order valence-corrected chi connectivity index (χ0v) is 14.9. The predicted molar refractivity (Wildman–Crippen MR) is 97.8 cm³/mol. The van der Waals surface area contributed by atoms with E-state index in [1.165, 1.54) is 51.3 Å². The fourth-order valence-corrected chi connectivity index (χ4v) is 4.51. The Kier molecular flexibility index (Phi) is 5.17. The first-order valence-electron chi connectivity index (χ1n) is 9.48. The monoisotopic (exact) mass is 359 g/mol. The van der Waals surface area contributed by atoms with E-state index >= 15 is 0 Å². The van der Waals surface area contributed by atoms with E-state index in [0.29, 0.717) is 35.4 Å². The number of nitro benzene ring substituents is 1. The molecule has 140 valence electrons. The third-order valence-corrected chi connectivity index (χ3v) is 5.73. The lowest BCUT2D eigenvalue weighted by Crippen LogP contribution is -2.48. The quantitative estimate of drug-likeness (QED) is 0.469. The zero-order chi connectivity index (χ0) is 17.9. The zero-order valence-electron chi connectivity index (χ0n) is 14.9. The highest BCUT2D eigenvalue weighted by Crippen LogP contribution is 2.33. The molecular formula is C19H25N3O4. The second kappa shape index (κ2) is 7.72. The number of fused-ring (bicyclic) bond motifs is 2. The standard InChI is InChI=1S/C19H25N3O4/c23-22(24)17-8-15(19-16(9-17)12-25-13-26-19)11-20-10-14-4-3-7-21-6-2-1-5-18(14)21/h8-9,11,14,18H,1-7,10,12-13H2/t14-,18-/m0/s1. The maximum absolute atomic E-state index is 11.2. The van der Waals surface area contributed by atoms with Gasteiger partial charge in [-0.05, 0) is 44.7 Å². The van der Waals surface area contributed by atoms with Crippen molar-refractivity contribution in [2.24, 2.45) is 10.9 Å². The molecule has 3 aliphatic rings. The maximum atomic E-state index is 11.2. The van der Waals surface area contributed by atoms with Gasteiger partial charge < -0.3 is 14.4 Å². The van der Waals surface area contributed by atoms with Gasteiger partial charge in [0.05, 0.1) is 11.5 Å².